The van der Waals surface area contributed by atoms with E-state index in [1.807, 2.05) is 31.2 Å². The monoisotopic (exact) mass is 383 g/mol. The molecule has 0 spiro atoms. The molecule has 9 heteroatoms. The average molecular weight is 383 g/mol. The molecule has 3 aromatic rings. The maximum Gasteiger partial charge on any atom is 0.247 e. The summed E-state index contributed by atoms with van der Waals surface area (Å²) in [5, 5.41) is 14.2. The van der Waals surface area contributed by atoms with Crippen molar-refractivity contribution in [3.63, 3.8) is 0 Å². The third kappa shape index (κ3) is 5.03. The Kier molecular flexibility index (Phi) is 5.83. The fourth-order valence-electron chi connectivity index (χ4n) is 2.48. The van der Waals surface area contributed by atoms with Crippen LogP contribution in [0.4, 0.5) is 5.82 Å². The molecule has 2 heterocycles. The fourth-order valence-corrected chi connectivity index (χ4v) is 2.48. The summed E-state index contributed by atoms with van der Waals surface area (Å²) in [6, 6.07) is 9.33. The SMILES string of the molecule is Cc1ccc(-c2nnc(CCC(=O)N(C)CC(=O)Nc3cc(C)on3)o2)cc1. The van der Waals surface area contributed by atoms with E-state index in [2.05, 4.69) is 20.7 Å². The highest BCUT2D eigenvalue weighted by molar-refractivity contribution is 5.93. The molecule has 0 aliphatic rings. The third-order valence-electron chi connectivity index (χ3n) is 4.02. The molecule has 2 aromatic heterocycles. The van der Waals surface area contributed by atoms with Crippen molar-refractivity contribution >= 4 is 17.6 Å². The molecular formula is C19H21N5O4. The molecule has 0 saturated heterocycles. The van der Waals surface area contributed by atoms with Gasteiger partial charge < -0.3 is 19.2 Å². The van der Waals surface area contributed by atoms with Gasteiger partial charge in [0, 0.05) is 31.5 Å². The largest absolute Gasteiger partial charge is 0.421 e. The normalized spacial score (nSPS) is 10.7. The van der Waals surface area contributed by atoms with Crippen molar-refractivity contribution in [1.29, 1.82) is 0 Å². The average Bonchev–Trinajstić information content (AvgIpc) is 3.29. The van der Waals surface area contributed by atoms with E-state index in [0.717, 1.165) is 11.1 Å². The molecule has 9 nitrogen and oxygen atoms in total. The number of carbonyl (C=O) groups excluding carboxylic acids is 2. The van der Waals surface area contributed by atoms with Crippen molar-refractivity contribution in [2.24, 2.45) is 0 Å². The van der Waals surface area contributed by atoms with Crippen LogP contribution < -0.4 is 5.32 Å². The predicted octanol–water partition coefficient (Wildman–Crippen LogP) is 2.37. The second-order valence-corrected chi connectivity index (χ2v) is 6.49. The van der Waals surface area contributed by atoms with Gasteiger partial charge in [0.2, 0.25) is 23.6 Å². The highest BCUT2D eigenvalue weighted by Gasteiger charge is 2.16. The van der Waals surface area contributed by atoms with Crippen LogP contribution >= 0.6 is 0 Å². The maximum absolute atomic E-state index is 12.2. The Morgan fingerprint density at radius 1 is 1.14 bits per heavy atom. The Labute approximate surface area is 161 Å². The summed E-state index contributed by atoms with van der Waals surface area (Å²) in [5.41, 5.74) is 1.97. The molecule has 0 unspecified atom stereocenters. The molecule has 0 radical (unpaired) electrons. The highest BCUT2D eigenvalue weighted by Crippen LogP contribution is 2.18. The summed E-state index contributed by atoms with van der Waals surface area (Å²) in [4.78, 5) is 25.5. The van der Waals surface area contributed by atoms with Crippen molar-refractivity contribution in [2.45, 2.75) is 26.7 Å². The van der Waals surface area contributed by atoms with Crippen molar-refractivity contribution in [1.82, 2.24) is 20.3 Å². The number of nitrogens with zero attached hydrogens (tertiary/aromatic N) is 4. The van der Waals surface area contributed by atoms with Gasteiger partial charge in [0.1, 0.15) is 5.76 Å². The standard InChI is InChI=1S/C19H21N5O4/c1-12-4-6-14(7-5-12)19-22-21-17(27-19)8-9-18(26)24(3)11-16(25)20-15-10-13(2)28-23-15/h4-7,10H,8-9,11H2,1-3H3,(H,20,23,25). The molecule has 0 bridgehead atoms. The van der Waals surface area contributed by atoms with E-state index < -0.39 is 0 Å². The van der Waals surface area contributed by atoms with Crippen molar-refractivity contribution in [3.8, 4) is 11.5 Å². The first-order chi connectivity index (χ1) is 13.4. The number of amides is 2. The Balaban J connectivity index is 1.48. The van der Waals surface area contributed by atoms with Crippen molar-refractivity contribution in [3.05, 3.63) is 47.5 Å². The number of carbonyl (C=O) groups is 2. The number of hydrogen-bond acceptors (Lipinski definition) is 7. The van der Waals surface area contributed by atoms with Crippen LogP contribution in [0.2, 0.25) is 0 Å². The van der Waals surface area contributed by atoms with Crippen LogP contribution in [0.25, 0.3) is 11.5 Å². The number of aryl methyl sites for hydroxylation is 3. The summed E-state index contributed by atoms with van der Waals surface area (Å²) in [6.07, 6.45) is 0.453. The number of aromatic nitrogens is 3. The van der Waals surface area contributed by atoms with Crippen LogP contribution in [0.5, 0.6) is 0 Å². The Bertz CT molecular complexity index is 961. The predicted molar refractivity (Wildman–Crippen MR) is 100 cm³/mol. The third-order valence-corrected chi connectivity index (χ3v) is 4.02. The molecule has 3 rings (SSSR count). The van der Waals surface area contributed by atoms with Gasteiger partial charge in [-0.25, -0.2) is 0 Å². The molecule has 28 heavy (non-hydrogen) atoms. The lowest BCUT2D eigenvalue weighted by molar-refractivity contribution is -0.133. The summed E-state index contributed by atoms with van der Waals surface area (Å²) < 4.78 is 10.5. The Morgan fingerprint density at radius 2 is 1.89 bits per heavy atom. The van der Waals surface area contributed by atoms with Crippen molar-refractivity contribution in [2.75, 3.05) is 18.9 Å². The minimum absolute atomic E-state index is 0.0941. The molecule has 0 saturated carbocycles. The van der Waals surface area contributed by atoms with Crippen LogP contribution in [-0.4, -0.2) is 45.7 Å². The van der Waals surface area contributed by atoms with Gasteiger partial charge in [0.25, 0.3) is 0 Å². The van der Waals surface area contributed by atoms with E-state index in [4.69, 9.17) is 8.94 Å². The Hall–Kier alpha value is -3.49. The van der Waals surface area contributed by atoms with Gasteiger partial charge in [-0.15, -0.1) is 10.2 Å². The maximum atomic E-state index is 12.2. The number of benzene rings is 1. The molecule has 2 amide bonds. The molecular weight excluding hydrogens is 362 g/mol. The van der Waals surface area contributed by atoms with Crippen LogP contribution in [-0.2, 0) is 16.0 Å². The smallest absolute Gasteiger partial charge is 0.247 e. The molecule has 0 aliphatic heterocycles. The molecule has 0 fully saturated rings. The molecule has 146 valence electrons. The van der Waals surface area contributed by atoms with E-state index in [1.54, 1.807) is 20.0 Å². The summed E-state index contributed by atoms with van der Waals surface area (Å²) in [7, 11) is 1.56. The quantitative estimate of drug-likeness (QED) is 0.666. The molecule has 1 aromatic carbocycles. The zero-order chi connectivity index (χ0) is 20.1. The lowest BCUT2D eigenvalue weighted by Gasteiger charge is -2.15. The zero-order valence-electron chi connectivity index (χ0n) is 15.9. The minimum atomic E-state index is -0.358. The second kappa shape index (κ2) is 8.47. The number of nitrogens with one attached hydrogen (secondary N) is 1. The molecule has 1 N–H and O–H groups in total. The molecule has 0 aliphatic carbocycles. The summed E-state index contributed by atoms with van der Waals surface area (Å²) in [5.74, 6) is 1.13. The summed E-state index contributed by atoms with van der Waals surface area (Å²) >= 11 is 0. The van der Waals surface area contributed by atoms with Gasteiger partial charge in [-0.05, 0) is 26.0 Å². The first kappa shape index (κ1) is 19.3. The van der Waals surface area contributed by atoms with E-state index in [1.165, 1.54) is 4.90 Å². The number of anilines is 1. The topological polar surface area (TPSA) is 114 Å². The van der Waals surface area contributed by atoms with Gasteiger partial charge in [-0.2, -0.15) is 0 Å². The van der Waals surface area contributed by atoms with E-state index >= 15 is 0 Å². The van der Waals surface area contributed by atoms with Gasteiger partial charge in [-0.1, -0.05) is 22.9 Å². The van der Waals surface area contributed by atoms with E-state index in [9.17, 15) is 9.59 Å². The lowest BCUT2D eigenvalue weighted by Crippen LogP contribution is -2.35. The lowest BCUT2D eigenvalue weighted by atomic mass is 10.1. The fraction of sp³-hybridized carbons (Fsp3) is 0.316. The van der Waals surface area contributed by atoms with Gasteiger partial charge in [0.15, 0.2) is 5.82 Å². The number of likely N-dealkylation sites (N-methyl/N-ethyl adjacent to an activating group) is 1. The summed E-state index contributed by atoms with van der Waals surface area (Å²) in [6.45, 7) is 3.63. The van der Waals surface area contributed by atoms with Crippen LogP contribution in [0.3, 0.4) is 0 Å². The van der Waals surface area contributed by atoms with Crippen LogP contribution in [0, 0.1) is 13.8 Å². The van der Waals surface area contributed by atoms with E-state index in [-0.39, 0.29) is 24.8 Å². The minimum Gasteiger partial charge on any atom is -0.421 e. The first-order valence-corrected chi connectivity index (χ1v) is 8.77. The van der Waals surface area contributed by atoms with Gasteiger partial charge in [0.05, 0.1) is 6.54 Å². The van der Waals surface area contributed by atoms with Gasteiger partial charge in [-0.3, -0.25) is 9.59 Å². The second-order valence-electron chi connectivity index (χ2n) is 6.49. The Morgan fingerprint density at radius 3 is 2.57 bits per heavy atom. The zero-order valence-corrected chi connectivity index (χ0v) is 15.9. The van der Waals surface area contributed by atoms with Gasteiger partial charge >= 0.3 is 0 Å². The van der Waals surface area contributed by atoms with E-state index in [0.29, 0.717) is 29.8 Å². The van der Waals surface area contributed by atoms with Crippen LogP contribution in [0.1, 0.15) is 23.6 Å². The number of rotatable bonds is 7. The van der Waals surface area contributed by atoms with Crippen LogP contribution in [0.15, 0.2) is 39.3 Å². The highest BCUT2D eigenvalue weighted by atomic mass is 16.5. The molecule has 0 atom stereocenters. The van der Waals surface area contributed by atoms with Crippen molar-refractivity contribution < 1.29 is 18.5 Å². The number of hydrogen-bond donors (Lipinski definition) is 1. The first-order valence-electron chi connectivity index (χ1n) is 8.77.